The molecule has 0 aliphatic rings. The fourth-order valence-corrected chi connectivity index (χ4v) is 1.27. The molecule has 0 aliphatic carbocycles. The molecule has 4 heteroatoms. The zero-order valence-corrected chi connectivity index (χ0v) is 10.6. The van der Waals surface area contributed by atoms with Crippen molar-refractivity contribution in [3.63, 3.8) is 0 Å². The Bertz CT molecular complexity index is 538. The van der Waals surface area contributed by atoms with Crippen molar-refractivity contribution in [1.82, 2.24) is 4.98 Å². The standard InChI is InChI=1S/C14H15NO3/c1-14(2,3)13(16)18-11-9-15-12(17-11)10-7-5-4-6-8-10/h4-9H,1-3H3. The third kappa shape index (κ3) is 2.77. The van der Waals surface area contributed by atoms with Gasteiger partial charge in [0.2, 0.25) is 5.89 Å². The van der Waals surface area contributed by atoms with Crippen LogP contribution in [0.4, 0.5) is 0 Å². The number of hydrogen-bond acceptors (Lipinski definition) is 4. The molecule has 18 heavy (non-hydrogen) atoms. The lowest BCUT2D eigenvalue weighted by Gasteiger charge is -2.14. The molecule has 4 nitrogen and oxygen atoms in total. The van der Waals surface area contributed by atoms with Gasteiger partial charge in [-0.3, -0.25) is 4.79 Å². The van der Waals surface area contributed by atoms with Crippen LogP contribution in [0, 0.1) is 5.41 Å². The third-order valence-corrected chi connectivity index (χ3v) is 2.31. The average Bonchev–Trinajstić information content (AvgIpc) is 2.77. The van der Waals surface area contributed by atoms with Gasteiger partial charge in [0.1, 0.15) is 6.20 Å². The van der Waals surface area contributed by atoms with Crippen LogP contribution in [0.2, 0.25) is 0 Å². The number of carbonyl (C=O) groups excluding carboxylic acids is 1. The van der Waals surface area contributed by atoms with Gasteiger partial charge in [0.05, 0.1) is 5.41 Å². The van der Waals surface area contributed by atoms with E-state index in [1.54, 1.807) is 20.8 Å². The van der Waals surface area contributed by atoms with Crippen molar-refractivity contribution >= 4 is 5.97 Å². The first-order chi connectivity index (χ1) is 8.47. The molecular weight excluding hydrogens is 230 g/mol. The van der Waals surface area contributed by atoms with Crippen molar-refractivity contribution < 1.29 is 13.9 Å². The minimum atomic E-state index is -0.570. The molecule has 0 atom stereocenters. The highest BCUT2D eigenvalue weighted by atomic mass is 16.6. The van der Waals surface area contributed by atoms with Gasteiger partial charge < -0.3 is 9.15 Å². The summed E-state index contributed by atoms with van der Waals surface area (Å²) in [6, 6.07) is 9.44. The highest BCUT2D eigenvalue weighted by Gasteiger charge is 2.25. The van der Waals surface area contributed by atoms with E-state index in [1.165, 1.54) is 6.20 Å². The summed E-state index contributed by atoms with van der Waals surface area (Å²) >= 11 is 0. The van der Waals surface area contributed by atoms with Crippen molar-refractivity contribution in [2.24, 2.45) is 5.41 Å². The van der Waals surface area contributed by atoms with Crippen molar-refractivity contribution in [3.05, 3.63) is 36.5 Å². The molecule has 0 saturated carbocycles. The van der Waals surface area contributed by atoms with Gasteiger partial charge in [-0.05, 0) is 32.9 Å². The van der Waals surface area contributed by atoms with Crippen LogP contribution in [-0.4, -0.2) is 11.0 Å². The molecule has 1 aromatic carbocycles. The van der Waals surface area contributed by atoms with Gasteiger partial charge in [0, 0.05) is 5.56 Å². The summed E-state index contributed by atoms with van der Waals surface area (Å²) in [4.78, 5) is 15.7. The molecule has 1 heterocycles. The first kappa shape index (κ1) is 12.4. The number of ether oxygens (including phenoxy) is 1. The summed E-state index contributed by atoms with van der Waals surface area (Å²) in [6.07, 6.45) is 1.41. The van der Waals surface area contributed by atoms with Crippen LogP contribution in [0.15, 0.2) is 40.9 Å². The molecule has 0 saturated heterocycles. The van der Waals surface area contributed by atoms with Gasteiger partial charge >= 0.3 is 11.9 Å². The molecule has 2 aromatic rings. The quantitative estimate of drug-likeness (QED) is 0.762. The van der Waals surface area contributed by atoms with E-state index in [1.807, 2.05) is 30.3 Å². The Kier molecular flexibility index (Phi) is 3.19. The molecular formula is C14H15NO3. The molecule has 0 aliphatic heterocycles. The number of benzene rings is 1. The van der Waals surface area contributed by atoms with Gasteiger partial charge in [0.25, 0.3) is 0 Å². The van der Waals surface area contributed by atoms with Gasteiger partial charge in [-0.25, -0.2) is 4.98 Å². The van der Waals surface area contributed by atoms with E-state index in [2.05, 4.69) is 4.98 Å². The number of oxazole rings is 1. The average molecular weight is 245 g/mol. The van der Waals surface area contributed by atoms with Crippen LogP contribution < -0.4 is 4.74 Å². The zero-order valence-electron chi connectivity index (χ0n) is 10.6. The lowest BCUT2D eigenvalue weighted by atomic mass is 9.97. The van der Waals surface area contributed by atoms with Gasteiger partial charge in [-0.15, -0.1) is 0 Å². The van der Waals surface area contributed by atoms with Crippen molar-refractivity contribution in [3.8, 4) is 17.4 Å². The topological polar surface area (TPSA) is 52.3 Å². The fourth-order valence-electron chi connectivity index (χ4n) is 1.27. The summed E-state index contributed by atoms with van der Waals surface area (Å²) in [5.41, 5.74) is 0.273. The predicted octanol–water partition coefficient (Wildman–Crippen LogP) is 3.29. The Morgan fingerprint density at radius 3 is 2.50 bits per heavy atom. The monoisotopic (exact) mass is 245 g/mol. The van der Waals surface area contributed by atoms with E-state index in [0.717, 1.165) is 5.56 Å². The SMILES string of the molecule is CC(C)(C)C(=O)Oc1cnc(-c2ccccc2)o1. The number of carbonyl (C=O) groups is 1. The smallest absolute Gasteiger partial charge is 0.319 e. The highest BCUT2D eigenvalue weighted by molar-refractivity contribution is 5.77. The fraction of sp³-hybridized carbons (Fsp3) is 0.286. The Balaban J connectivity index is 2.15. The van der Waals surface area contributed by atoms with Crippen molar-refractivity contribution in [2.75, 3.05) is 0 Å². The normalized spacial score (nSPS) is 11.3. The van der Waals surface area contributed by atoms with Crippen LogP contribution in [0.3, 0.4) is 0 Å². The lowest BCUT2D eigenvalue weighted by Crippen LogP contribution is -2.25. The second kappa shape index (κ2) is 4.64. The zero-order chi connectivity index (χ0) is 13.2. The molecule has 0 radical (unpaired) electrons. The number of aromatic nitrogens is 1. The van der Waals surface area contributed by atoms with E-state index in [-0.39, 0.29) is 11.9 Å². The van der Waals surface area contributed by atoms with E-state index in [0.29, 0.717) is 5.89 Å². The molecule has 0 fully saturated rings. The first-order valence-electron chi connectivity index (χ1n) is 5.70. The Morgan fingerprint density at radius 1 is 1.22 bits per heavy atom. The minimum Gasteiger partial charge on any atom is -0.405 e. The summed E-state index contributed by atoms with van der Waals surface area (Å²) in [5, 5.41) is 0. The second-order valence-corrected chi connectivity index (χ2v) is 4.99. The van der Waals surface area contributed by atoms with E-state index in [4.69, 9.17) is 9.15 Å². The molecule has 1 aromatic heterocycles. The first-order valence-corrected chi connectivity index (χ1v) is 5.70. The maximum atomic E-state index is 11.7. The lowest BCUT2D eigenvalue weighted by molar-refractivity contribution is -0.144. The summed E-state index contributed by atoms with van der Waals surface area (Å²) in [7, 11) is 0. The number of rotatable bonds is 2. The van der Waals surface area contributed by atoms with E-state index < -0.39 is 5.41 Å². The molecule has 0 bridgehead atoms. The van der Waals surface area contributed by atoms with E-state index >= 15 is 0 Å². The van der Waals surface area contributed by atoms with Crippen LogP contribution in [0.25, 0.3) is 11.5 Å². The number of esters is 1. The summed E-state index contributed by atoms with van der Waals surface area (Å²) in [5.74, 6) is 0.208. The van der Waals surface area contributed by atoms with Crippen LogP contribution in [0.1, 0.15) is 20.8 Å². The summed E-state index contributed by atoms with van der Waals surface area (Å²) < 4.78 is 10.5. The number of hydrogen-bond donors (Lipinski definition) is 0. The molecule has 0 amide bonds. The minimum absolute atomic E-state index is 0.119. The Morgan fingerprint density at radius 2 is 1.89 bits per heavy atom. The molecule has 0 unspecified atom stereocenters. The molecule has 2 rings (SSSR count). The second-order valence-electron chi connectivity index (χ2n) is 4.99. The Labute approximate surface area is 106 Å². The van der Waals surface area contributed by atoms with E-state index in [9.17, 15) is 4.79 Å². The van der Waals surface area contributed by atoms with Crippen molar-refractivity contribution in [1.29, 1.82) is 0 Å². The molecule has 0 spiro atoms. The third-order valence-electron chi connectivity index (χ3n) is 2.31. The summed E-state index contributed by atoms with van der Waals surface area (Å²) in [6.45, 7) is 5.34. The maximum absolute atomic E-state index is 11.7. The van der Waals surface area contributed by atoms with Gasteiger partial charge in [-0.1, -0.05) is 18.2 Å². The van der Waals surface area contributed by atoms with Crippen LogP contribution >= 0.6 is 0 Å². The van der Waals surface area contributed by atoms with Crippen LogP contribution in [0.5, 0.6) is 5.95 Å². The van der Waals surface area contributed by atoms with Gasteiger partial charge in [-0.2, -0.15) is 0 Å². The molecule has 94 valence electrons. The number of nitrogens with zero attached hydrogens (tertiary/aromatic N) is 1. The van der Waals surface area contributed by atoms with Crippen molar-refractivity contribution in [2.45, 2.75) is 20.8 Å². The predicted molar refractivity (Wildman–Crippen MR) is 67.0 cm³/mol. The van der Waals surface area contributed by atoms with Gasteiger partial charge in [0.15, 0.2) is 0 Å². The maximum Gasteiger partial charge on any atom is 0.319 e. The Hall–Kier alpha value is -2.10. The van der Waals surface area contributed by atoms with Crippen LogP contribution in [-0.2, 0) is 4.79 Å². The largest absolute Gasteiger partial charge is 0.405 e. The highest BCUT2D eigenvalue weighted by Crippen LogP contribution is 2.25. The molecule has 0 N–H and O–H groups in total.